The van der Waals surface area contributed by atoms with Crippen LogP contribution < -0.4 is 4.74 Å². The van der Waals surface area contributed by atoms with Gasteiger partial charge in [0.15, 0.2) is 0 Å². The number of amides is 1. The molecule has 3 heterocycles. The molecule has 0 saturated carbocycles. The normalized spacial score (nSPS) is 25.9. The van der Waals surface area contributed by atoms with Crippen molar-refractivity contribution in [2.45, 2.75) is 32.3 Å². The highest BCUT2D eigenvalue weighted by Gasteiger charge is 2.31. The third kappa shape index (κ3) is 3.50. The summed E-state index contributed by atoms with van der Waals surface area (Å²) in [6.45, 7) is 4.59. The Balaban J connectivity index is 1.57. The van der Waals surface area contributed by atoms with Gasteiger partial charge < -0.3 is 14.4 Å². The van der Waals surface area contributed by atoms with Crippen LogP contribution in [0.4, 0.5) is 0 Å². The molecule has 0 aromatic carbocycles. The van der Waals surface area contributed by atoms with Gasteiger partial charge in [-0.3, -0.25) is 4.79 Å². The Bertz CT molecular complexity index is 485. The number of hydrogen-bond acceptors (Lipinski definition) is 5. The summed E-state index contributed by atoms with van der Waals surface area (Å²) in [5.41, 5.74) is 0.865. The number of aryl methyl sites for hydroxylation is 1. The summed E-state index contributed by atoms with van der Waals surface area (Å²) in [4.78, 5) is 14.3. The summed E-state index contributed by atoms with van der Waals surface area (Å²) >= 11 is 0. The summed E-state index contributed by atoms with van der Waals surface area (Å²) in [7, 11) is 0. The van der Waals surface area contributed by atoms with Gasteiger partial charge in [0, 0.05) is 19.2 Å². The number of piperidine rings is 1. The van der Waals surface area contributed by atoms with Gasteiger partial charge in [0.05, 0.1) is 24.8 Å². The van der Waals surface area contributed by atoms with E-state index in [1.54, 1.807) is 0 Å². The largest absolute Gasteiger partial charge is 0.471 e. The fourth-order valence-electron chi connectivity index (χ4n) is 2.84. The molecule has 0 radical (unpaired) electrons. The Morgan fingerprint density at radius 3 is 3.00 bits per heavy atom. The summed E-state index contributed by atoms with van der Waals surface area (Å²) in [5, 5.41) is 8.01. The van der Waals surface area contributed by atoms with Crippen molar-refractivity contribution in [3.63, 3.8) is 0 Å². The van der Waals surface area contributed by atoms with Gasteiger partial charge in [-0.25, -0.2) is 0 Å². The molecule has 21 heavy (non-hydrogen) atoms. The molecule has 0 N–H and O–H groups in total. The summed E-state index contributed by atoms with van der Waals surface area (Å²) in [6.07, 6.45) is 2.75. The highest BCUT2D eigenvalue weighted by molar-refractivity contribution is 5.79. The number of carbonyl (C=O) groups is 1. The molecule has 2 unspecified atom stereocenters. The molecule has 6 heteroatoms. The lowest BCUT2D eigenvalue weighted by molar-refractivity contribution is -0.138. The summed E-state index contributed by atoms with van der Waals surface area (Å²) in [5.74, 6) is 0.766. The zero-order valence-electron chi connectivity index (χ0n) is 12.3. The maximum absolute atomic E-state index is 12.4. The third-order valence-electron chi connectivity index (χ3n) is 4.03. The third-order valence-corrected chi connectivity index (χ3v) is 4.03. The highest BCUT2D eigenvalue weighted by atomic mass is 16.5. The maximum atomic E-state index is 12.4. The van der Waals surface area contributed by atoms with Gasteiger partial charge in [-0.1, -0.05) is 0 Å². The van der Waals surface area contributed by atoms with E-state index in [9.17, 15) is 4.79 Å². The van der Waals surface area contributed by atoms with Crippen molar-refractivity contribution in [2.75, 3.05) is 26.3 Å². The van der Waals surface area contributed by atoms with E-state index in [0.717, 1.165) is 31.5 Å². The van der Waals surface area contributed by atoms with Crippen LogP contribution in [0.1, 0.15) is 25.0 Å². The SMILES string of the molecule is Cc1ccc(OC2CCCN(C(=O)C3CCOC3)C2)nn1. The summed E-state index contributed by atoms with van der Waals surface area (Å²) in [6, 6.07) is 3.71. The molecule has 1 amide bonds. The minimum absolute atomic E-state index is 0.00188. The number of rotatable bonds is 3. The Hall–Kier alpha value is -1.69. The first-order valence-electron chi connectivity index (χ1n) is 7.56. The van der Waals surface area contributed by atoms with Crippen LogP contribution >= 0.6 is 0 Å². The molecule has 2 saturated heterocycles. The molecule has 1 aromatic heterocycles. The molecule has 2 fully saturated rings. The van der Waals surface area contributed by atoms with Crippen LogP contribution in [-0.4, -0.2) is 53.4 Å². The van der Waals surface area contributed by atoms with Gasteiger partial charge in [-0.15, -0.1) is 5.10 Å². The molecular weight excluding hydrogens is 270 g/mol. The lowest BCUT2D eigenvalue weighted by atomic mass is 10.0. The van der Waals surface area contributed by atoms with Crippen LogP contribution in [0.15, 0.2) is 12.1 Å². The van der Waals surface area contributed by atoms with Crippen molar-refractivity contribution in [3.8, 4) is 5.88 Å². The number of aromatic nitrogens is 2. The number of carbonyl (C=O) groups excluding carboxylic acids is 1. The van der Waals surface area contributed by atoms with Crippen molar-refractivity contribution in [1.29, 1.82) is 0 Å². The monoisotopic (exact) mass is 291 g/mol. The van der Waals surface area contributed by atoms with Gasteiger partial charge >= 0.3 is 0 Å². The highest BCUT2D eigenvalue weighted by Crippen LogP contribution is 2.21. The molecule has 1 aromatic rings. The lowest BCUT2D eigenvalue weighted by Gasteiger charge is -2.33. The first-order valence-corrected chi connectivity index (χ1v) is 7.56. The summed E-state index contributed by atoms with van der Waals surface area (Å²) < 4.78 is 11.2. The van der Waals surface area contributed by atoms with E-state index in [4.69, 9.17) is 9.47 Å². The van der Waals surface area contributed by atoms with E-state index >= 15 is 0 Å². The van der Waals surface area contributed by atoms with Crippen LogP contribution in [0.25, 0.3) is 0 Å². The van der Waals surface area contributed by atoms with E-state index < -0.39 is 0 Å². The minimum Gasteiger partial charge on any atom is -0.471 e. The second-order valence-corrected chi connectivity index (χ2v) is 5.74. The van der Waals surface area contributed by atoms with E-state index in [2.05, 4.69) is 10.2 Å². The second kappa shape index (κ2) is 6.39. The molecule has 0 bridgehead atoms. The van der Waals surface area contributed by atoms with Gasteiger partial charge in [0.2, 0.25) is 11.8 Å². The molecular formula is C15H21N3O3. The number of hydrogen-bond donors (Lipinski definition) is 0. The average molecular weight is 291 g/mol. The molecule has 2 atom stereocenters. The zero-order valence-corrected chi connectivity index (χ0v) is 12.3. The predicted molar refractivity (Wildman–Crippen MR) is 75.9 cm³/mol. The lowest BCUT2D eigenvalue weighted by Crippen LogP contribution is -2.46. The van der Waals surface area contributed by atoms with Crippen LogP contribution in [0, 0.1) is 12.8 Å². The topological polar surface area (TPSA) is 64.5 Å². The first kappa shape index (κ1) is 14.3. The van der Waals surface area contributed by atoms with Gasteiger partial charge in [-0.05, 0) is 32.3 Å². The van der Waals surface area contributed by atoms with Crippen molar-refractivity contribution in [3.05, 3.63) is 17.8 Å². The van der Waals surface area contributed by atoms with E-state index in [0.29, 0.717) is 25.6 Å². The molecule has 0 aliphatic carbocycles. The van der Waals surface area contributed by atoms with Crippen molar-refractivity contribution in [2.24, 2.45) is 5.92 Å². The van der Waals surface area contributed by atoms with E-state index in [1.807, 2.05) is 24.0 Å². The Labute approximate surface area is 124 Å². The van der Waals surface area contributed by atoms with Crippen LogP contribution in [0.2, 0.25) is 0 Å². The van der Waals surface area contributed by atoms with Crippen LogP contribution in [0.3, 0.4) is 0 Å². The minimum atomic E-state index is 0.00188. The predicted octanol–water partition coefficient (Wildman–Crippen LogP) is 1.19. The quantitative estimate of drug-likeness (QED) is 0.837. The fourth-order valence-corrected chi connectivity index (χ4v) is 2.84. The molecule has 114 valence electrons. The van der Waals surface area contributed by atoms with Crippen molar-refractivity contribution < 1.29 is 14.3 Å². The van der Waals surface area contributed by atoms with Gasteiger partial charge in [0.1, 0.15) is 6.10 Å². The van der Waals surface area contributed by atoms with E-state index in [1.165, 1.54) is 0 Å². The second-order valence-electron chi connectivity index (χ2n) is 5.74. The average Bonchev–Trinajstić information content (AvgIpc) is 3.03. The van der Waals surface area contributed by atoms with Crippen molar-refractivity contribution >= 4 is 5.91 Å². The first-order chi connectivity index (χ1) is 10.2. The van der Waals surface area contributed by atoms with Gasteiger partial charge in [0.25, 0.3) is 0 Å². The molecule has 3 rings (SSSR count). The van der Waals surface area contributed by atoms with Crippen LogP contribution in [-0.2, 0) is 9.53 Å². The smallest absolute Gasteiger partial charge is 0.233 e. The molecule has 2 aliphatic heterocycles. The maximum Gasteiger partial charge on any atom is 0.233 e. The zero-order chi connectivity index (χ0) is 14.7. The Morgan fingerprint density at radius 2 is 2.29 bits per heavy atom. The standard InChI is InChI=1S/C15H21N3O3/c1-11-4-5-14(17-16-11)21-13-3-2-7-18(9-13)15(19)12-6-8-20-10-12/h4-5,12-13H,2-3,6-10H2,1H3. The molecule has 0 spiro atoms. The van der Waals surface area contributed by atoms with E-state index in [-0.39, 0.29) is 17.9 Å². The van der Waals surface area contributed by atoms with Gasteiger partial charge in [-0.2, -0.15) is 5.10 Å². The Kier molecular flexibility index (Phi) is 4.34. The number of ether oxygens (including phenoxy) is 2. The molecule has 2 aliphatic rings. The number of nitrogens with zero attached hydrogens (tertiary/aromatic N) is 3. The fraction of sp³-hybridized carbons (Fsp3) is 0.667. The van der Waals surface area contributed by atoms with Crippen molar-refractivity contribution in [1.82, 2.24) is 15.1 Å². The van der Waals surface area contributed by atoms with Crippen LogP contribution in [0.5, 0.6) is 5.88 Å². The number of likely N-dealkylation sites (tertiary alicyclic amines) is 1. The molecule has 6 nitrogen and oxygen atoms in total. The Morgan fingerprint density at radius 1 is 1.38 bits per heavy atom.